The van der Waals surface area contributed by atoms with Crippen molar-refractivity contribution in [3.63, 3.8) is 0 Å². The highest BCUT2D eigenvalue weighted by Crippen LogP contribution is 2.36. The minimum absolute atomic E-state index is 0.539. The van der Waals surface area contributed by atoms with Gasteiger partial charge >= 0.3 is 0 Å². The molecule has 1 fully saturated rings. The van der Waals surface area contributed by atoms with Crippen LogP contribution in [0.5, 0.6) is 0 Å². The molecule has 1 aromatic rings. The summed E-state index contributed by atoms with van der Waals surface area (Å²) in [6.07, 6.45) is 3.96. The molecule has 0 aliphatic heterocycles. The van der Waals surface area contributed by atoms with E-state index in [0.717, 1.165) is 29.8 Å². The fourth-order valence-electron chi connectivity index (χ4n) is 2.27. The first-order chi connectivity index (χ1) is 8.15. The van der Waals surface area contributed by atoms with Gasteiger partial charge in [0.2, 0.25) is 0 Å². The second-order valence-corrected chi connectivity index (χ2v) is 5.89. The number of benzene rings is 1. The summed E-state index contributed by atoms with van der Waals surface area (Å²) in [5.41, 5.74) is 1.36. The first-order valence-corrected chi connectivity index (χ1v) is 7.01. The van der Waals surface area contributed by atoms with E-state index >= 15 is 0 Å². The lowest BCUT2D eigenvalue weighted by Gasteiger charge is -2.17. The van der Waals surface area contributed by atoms with Crippen molar-refractivity contribution in [1.82, 2.24) is 5.32 Å². The number of halogens is 1. The smallest absolute Gasteiger partial charge is 0.0406 e. The summed E-state index contributed by atoms with van der Waals surface area (Å²) in [5.74, 6) is 1.83. The van der Waals surface area contributed by atoms with Gasteiger partial charge in [-0.15, -0.1) is 0 Å². The summed E-state index contributed by atoms with van der Waals surface area (Å²) in [5, 5.41) is 4.45. The molecule has 1 aliphatic rings. The highest BCUT2D eigenvalue weighted by Gasteiger charge is 2.27. The van der Waals surface area contributed by atoms with Gasteiger partial charge < -0.3 is 5.32 Å². The van der Waals surface area contributed by atoms with Crippen molar-refractivity contribution in [2.45, 2.75) is 39.2 Å². The van der Waals surface area contributed by atoms with Crippen LogP contribution >= 0.6 is 11.6 Å². The molecule has 2 unspecified atom stereocenters. The van der Waals surface area contributed by atoms with Gasteiger partial charge in [0.25, 0.3) is 0 Å². The third-order valence-corrected chi connectivity index (χ3v) is 3.92. The topological polar surface area (TPSA) is 12.0 Å². The normalized spacial score (nSPS) is 19.0. The Morgan fingerprint density at radius 2 is 1.88 bits per heavy atom. The van der Waals surface area contributed by atoms with E-state index in [0.29, 0.717) is 6.04 Å². The van der Waals surface area contributed by atoms with Crippen LogP contribution in [0.3, 0.4) is 0 Å². The van der Waals surface area contributed by atoms with Crippen molar-refractivity contribution in [3.05, 3.63) is 34.9 Å². The molecule has 2 atom stereocenters. The van der Waals surface area contributed by atoms with Crippen LogP contribution in [0.1, 0.15) is 32.3 Å². The van der Waals surface area contributed by atoms with Crippen LogP contribution in [0.4, 0.5) is 0 Å². The first kappa shape index (κ1) is 12.9. The monoisotopic (exact) mass is 251 g/mol. The van der Waals surface area contributed by atoms with Gasteiger partial charge in [-0.3, -0.25) is 0 Å². The number of nitrogens with one attached hydrogen (secondary N) is 1. The van der Waals surface area contributed by atoms with Crippen LogP contribution in [0, 0.1) is 11.8 Å². The molecule has 1 nitrogen and oxygen atoms in total. The quantitative estimate of drug-likeness (QED) is 0.809. The highest BCUT2D eigenvalue weighted by molar-refractivity contribution is 6.30. The zero-order valence-electron chi connectivity index (χ0n) is 10.7. The molecule has 0 aromatic heterocycles. The minimum Gasteiger partial charge on any atom is -0.314 e. The molecule has 0 saturated heterocycles. The van der Waals surface area contributed by atoms with Gasteiger partial charge in [-0.25, -0.2) is 0 Å². The zero-order valence-corrected chi connectivity index (χ0v) is 11.5. The maximum Gasteiger partial charge on any atom is 0.0406 e. The van der Waals surface area contributed by atoms with Gasteiger partial charge in [0.15, 0.2) is 0 Å². The molecule has 0 amide bonds. The molecule has 1 N–H and O–H groups in total. The van der Waals surface area contributed by atoms with E-state index in [1.807, 2.05) is 12.1 Å². The Balaban J connectivity index is 1.72. The Morgan fingerprint density at radius 3 is 2.47 bits per heavy atom. The maximum absolute atomic E-state index is 5.88. The molecule has 2 rings (SSSR count). The van der Waals surface area contributed by atoms with Crippen LogP contribution < -0.4 is 5.32 Å². The molecular weight excluding hydrogens is 230 g/mol. The van der Waals surface area contributed by atoms with Gasteiger partial charge in [-0.2, -0.15) is 0 Å². The van der Waals surface area contributed by atoms with E-state index in [-0.39, 0.29) is 0 Å². The summed E-state index contributed by atoms with van der Waals surface area (Å²) in [6, 6.07) is 8.71. The van der Waals surface area contributed by atoms with Crippen LogP contribution in [-0.2, 0) is 6.42 Å². The fraction of sp³-hybridized carbons (Fsp3) is 0.600. The van der Waals surface area contributed by atoms with E-state index in [4.69, 9.17) is 11.6 Å². The van der Waals surface area contributed by atoms with Crippen molar-refractivity contribution in [2.75, 3.05) is 6.54 Å². The van der Waals surface area contributed by atoms with E-state index < -0.39 is 0 Å². The first-order valence-electron chi connectivity index (χ1n) is 6.63. The number of rotatable bonds is 6. The lowest BCUT2D eigenvalue weighted by atomic mass is 10.0. The van der Waals surface area contributed by atoms with Crippen molar-refractivity contribution in [2.24, 2.45) is 11.8 Å². The maximum atomic E-state index is 5.88. The SMILES string of the molecule is CC(Cc1ccc(Cl)cc1)NCC(C)C1CC1. The van der Waals surface area contributed by atoms with Crippen molar-refractivity contribution < 1.29 is 0 Å². The standard InChI is InChI=1S/C15H22ClN/c1-11(14-5-6-14)10-17-12(2)9-13-3-7-15(16)8-4-13/h3-4,7-8,11-12,14,17H,5-6,9-10H2,1-2H3. The second-order valence-electron chi connectivity index (χ2n) is 5.45. The molecule has 0 bridgehead atoms. The summed E-state index contributed by atoms with van der Waals surface area (Å²) in [4.78, 5) is 0. The lowest BCUT2D eigenvalue weighted by Crippen LogP contribution is -2.32. The van der Waals surface area contributed by atoms with Crippen molar-refractivity contribution in [1.29, 1.82) is 0 Å². The van der Waals surface area contributed by atoms with Crippen LogP contribution in [0.15, 0.2) is 24.3 Å². The van der Waals surface area contributed by atoms with E-state index in [9.17, 15) is 0 Å². The summed E-state index contributed by atoms with van der Waals surface area (Å²) < 4.78 is 0. The molecular formula is C15H22ClN. The Morgan fingerprint density at radius 1 is 1.24 bits per heavy atom. The third-order valence-electron chi connectivity index (χ3n) is 3.67. The average molecular weight is 252 g/mol. The van der Waals surface area contributed by atoms with Crippen LogP contribution in [-0.4, -0.2) is 12.6 Å². The van der Waals surface area contributed by atoms with Gasteiger partial charge in [-0.05, 0) is 62.3 Å². The Hall–Kier alpha value is -0.530. The Labute approximate surface area is 110 Å². The zero-order chi connectivity index (χ0) is 12.3. The number of hydrogen-bond donors (Lipinski definition) is 1. The van der Waals surface area contributed by atoms with Crippen molar-refractivity contribution >= 4 is 11.6 Å². The molecule has 1 saturated carbocycles. The predicted octanol–water partition coefficient (Wildman–Crippen LogP) is 3.91. The second kappa shape index (κ2) is 5.88. The van der Waals surface area contributed by atoms with Crippen LogP contribution in [0.2, 0.25) is 5.02 Å². The summed E-state index contributed by atoms with van der Waals surface area (Å²) >= 11 is 5.88. The molecule has 2 heteroatoms. The largest absolute Gasteiger partial charge is 0.314 e. The van der Waals surface area contributed by atoms with Gasteiger partial charge in [0.05, 0.1) is 0 Å². The molecule has 0 spiro atoms. The van der Waals surface area contributed by atoms with Crippen molar-refractivity contribution in [3.8, 4) is 0 Å². The average Bonchev–Trinajstić information content (AvgIpc) is 3.13. The third kappa shape index (κ3) is 4.33. The fourth-order valence-corrected chi connectivity index (χ4v) is 2.39. The summed E-state index contributed by atoms with van der Waals surface area (Å²) in [6.45, 7) is 5.77. The highest BCUT2D eigenvalue weighted by atomic mass is 35.5. The van der Waals surface area contributed by atoms with E-state index in [1.165, 1.54) is 18.4 Å². The Bertz CT molecular complexity index is 342. The van der Waals surface area contributed by atoms with Gasteiger partial charge in [-0.1, -0.05) is 30.7 Å². The lowest BCUT2D eigenvalue weighted by molar-refractivity contribution is 0.425. The van der Waals surface area contributed by atoms with Gasteiger partial charge in [0.1, 0.15) is 0 Å². The molecule has 1 aliphatic carbocycles. The number of hydrogen-bond acceptors (Lipinski definition) is 1. The predicted molar refractivity (Wildman–Crippen MR) is 74.5 cm³/mol. The summed E-state index contributed by atoms with van der Waals surface area (Å²) in [7, 11) is 0. The van der Waals surface area contributed by atoms with E-state index in [2.05, 4.69) is 31.3 Å². The minimum atomic E-state index is 0.539. The molecule has 0 heterocycles. The molecule has 0 radical (unpaired) electrons. The van der Waals surface area contributed by atoms with Crippen LogP contribution in [0.25, 0.3) is 0 Å². The Kier molecular flexibility index (Phi) is 4.47. The van der Waals surface area contributed by atoms with E-state index in [1.54, 1.807) is 0 Å². The molecule has 17 heavy (non-hydrogen) atoms. The van der Waals surface area contributed by atoms with Gasteiger partial charge in [0, 0.05) is 11.1 Å². The molecule has 94 valence electrons. The molecule has 1 aromatic carbocycles.